The second-order valence-electron chi connectivity index (χ2n) is 10.7. The number of nitrogens with zero attached hydrogens (tertiary/aromatic N) is 1. The van der Waals surface area contributed by atoms with E-state index in [1.165, 1.54) is 4.90 Å². The summed E-state index contributed by atoms with van der Waals surface area (Å²) in [6, 6.07) is 15.8. The molecule has 186 valence electrons. The van der Waals surface area contributed by atoms with Crippen molar-refractivity contribution in [3.05, 3.63) is 59.7 Å². The number of aliphatic carboxylic acids is 1. The smallest absolute Gasteiger partial charge is 0.407 e. The van der Waals surface area contributed by atoms with Gasteiger partial charge in [0.1, 0.15) is 13.2 Å². The molecule has 1 saturated carbocycles. The van der Waals surface area contributed by atoms with E-state index < -0.39 is 23.5 Å². The van der Waals surface area contributed by atoms with E-state index in [0.717, 1.165) is 35.1 Å². The fourth-order valence-electron chi connectivity index (χ4n) is 4.69. The highest BCUT2D eigenvalue weighted by Gasteiger charge is 2.34. The number of amides is 2. The predicted molar refractivity (Wildman–Crippen MR) is 133 cm³/mol. The van der Waals surface area contributed by atoms with Crippen LogP contribution < -0.4 is 5.32 Å². The normalized spacial score (nSPS) is 15.6. The Balaban J connectivity index is 1.40. The Morgan fingerprint density at radius 1 is 1.03 bits per heavy atom. The van der Waals surface area contributed by atoms with Gasteiger partial charge in [0.25, 0.3) is 0 Å². The minimum Gasteiger partial charge on any atom is -0.480 e. The number of carboxylic acids is 1. The molecule has 4 rings (SSSR count). The monoisotopic (exact) mass is 478 g/mol. The zero-order valence-electron chi connectivity index (χ0n) is 20.6. The third-order valence-corrected chi connectivity index (χ3v) is 6.91. The SMILES string of the molecule is CC(C)(C)C(CC(=O)N(CC(=O)O)CC1CC1)NC(=O)OCC1c2ccccc2-c2ccccc21. The van der Waals surface area contributed by atoms with E-state index in [4.69, 9.17) is 4.74 Å². The van der Waals surface area contributed by atoms with Crippen molar-refractivity contribution in [1.29, 1.82) is 0 Å². The van der Waals surface area contributed by atoms with Crippen LogP contribution in [0.1, 0.15) is 57.1 Å². The molecule has 2 amide bonds. The van der Waals surface area contributed by atoms with Gasteiger partial charge in [-0.05, 0) is 46.4 Å². The molecule has 0 spiro atoms. The molecule has 2 aromatic carbocycles. The number of rotatable bonds is 9. The van der Waals surface area contributed by atoms with Crippen LogP contribution in [0.3, 0.4) is 0 Å². The van der Waals surface area contributed by atoms with Crippen molar-refractivity contribution in [2.45, 2.75) is 52.0 Å². The molecule has 1 unspecified atom stereocenters. The van der Waals surface area contributed by atoms with Gasteiger partial charge in [-0.2, -0.15) is 0 Å². The van der Waals surface area contributed by atoms with Gasteiger partial charge in [-0.1, -0.05) is 69.3 Å². The molecule has 0 bridgehead atoms. The average molecular weight is 479 g/mol. The maximum atomic E-state index is 13.0. The summed E-state index contributed by atoms with van der Waals surface area (Å²) in [5.41, 5.74) is 4.16. The minimum absolute atomic E-state index is 0.0215. The molecule has 0 aliphatic heterocycles. The zero-order valence-corrected chi connectivity index (χ0v) is 20.6. The maximum Gasteiger partial charge on any atom is 0.407 e. The number of carbonyl (C=O) groups is 3. The van der Waals surface area contributed by atoms with E-state index in [1.54, 1.807) is 0 Å². The molecule has 2 aliphatic carbocycles. The van der Waals surface area contributed by atoms with Crippen LogP contribution in [0, 0.1) is 11.3 Å². The van der Waals surface area contributed by atoms with Crippen LogP contribution in [0.15, 0.2) is 48.5 Å². The first-order valence-electron chi connectivity index (χ1n) is 12.2. The molecule has 0 radical (unpaired) electrons. The standard InChI is InChI=1S/C28H34N2O5/c1-28(2,3)24(14-25(31)30(16-26(32)33)15-18-12-13-18)29-27(34)35-17-23-21-10-6-4-8-19(21)20-9-5-7-11-22(20)23/h4-11,18,23-24H,12-17H2,1-3H3,(H,29,34)(H,32,33). The minimum atomic E-state index is -1.03. The largest absolute Gasteiger partial charge is 0.480 e. The molecule has 2 N–H and O–H groups in total. The topological polar surface area (TPSA) is 95.9 Å². The number of nitrogens with one attached hydrogen (secondary N) is 1. The van der Waals surface area contributed by atoms with Crippen molar-refractivity contribution in [2.24, 2.45) is 11.3 Å². The molecule has 7 heteroatoms. The van der Waals surface area contributed by atoms with Gasteiger partial charge < -0.3 is 20.1 Å². The van der Waals surface area contributed by atoms with Gasteiger partial charge >= 0.3 is 12.1 Å². The van der Waals surface area contributed by atoms with Gasteiger partial charge in [0.15, 0.2) is 0 Å². The fourth-order valence-corrected chi connectivity index (χ4v) is 4.69. The van der Waals surface area contributed by atoms with Crippen molar-refractivity contribution in [3.8, 4) is 11.1 Å². The van der Waals surface area contributed by atoms with E-state index >= 15 is 0 Å². The molecule has 0 saturated heterocycles. The average Bonchev–Trinajstić information content (AvgIpc) is 3.56. The number of benzene rings is 2. The third-order valence-electron chi connectivity index (χ3n) is 6.91. The van der Waals surface area contributed by atoms with Crippen LogP contribution in [0.5, 0.6) is 0 Å². The number of carbonyl (C=O) groups excluding carboxylic acids is 2. The van der Waals surface area contributed by atoms with Gasteiger partial charge in [-0.25, -0.2) is 4.79 Å². The quantitative estimate of drug-likeness (QED) is 0.547. The van der Waals surface area contributed by atoms with E-state index in [9.17, 15) is 19.5 Å². The molecule has 1 fully saturated rings. The van der Waals surface area contributed by atoms with Crippen molar-refractivity contribution in [1.82, 2.24) is 10.2 Å². The molecule has 0 aromatic heterocycles. The van der Waals surface area contributed by atoms with Crippen molar-refractivity contribution < 1.29 is 24.2 Å². The fraction of sp³-hybridized carbons (Fsp3) is 0.464. The van der Waals surface area contributed by atoms with Crippen LogP contribution in [0.4, 0.5) is 4.79 Å². The van der Waals surface area contributed by atoms with E-state index in [1.807, 2.05) is 45.0 Å². The second kappa shape index (κ2) is 10.1. The Morgan fingerprint density at radius 3 is 2.11 bits per heavy atom. The number of hydrogen-bond acceptors (Lipinski definition) is 4. The summed E-state index contributed by atoms with van der Waals surface area (Å²) >= 11 is 0. The second-order valence-corrected chi connectivity index (χ2v) is 10.7. The van der Waals surface area contributed by atoms with Crippen LogP contribution >= 0.6 is 0 Å². The predicted octanol–water partition coefficient (Wildman–Crippen LogP) is 4.65. The molecular formula is C28H34N2O5. The van der Waals surface area contributed by atoms with E-state index in [-0.39, 0.29) is 31.4 Å². The summed E-state index contributed by atoms with van der Waals surface area (Å²) in [6.07, 6.45) is 1.48. The van der Waals surface area contributed by atoms with Crippen LogP contribution in [0.25, 0.3) is 11.1 Å². The molecule has 35 heavy (non-hydrogen) atoms. The summed E-state index contributed by atoms with van der Waals surface area (Å²) in [4.78, 5) is 38.5. The van der Waals surface area contributed by atoms with Crippen molar-refractivity contribution >= 4 is 18.0 Å². The molecule has 1 atom stereocenters. The highest BCUT2D eigenvalue weighted by Crippen LogP contribution is 2.44. The first-order valence-corrected chi connectivity index (χ1v) is 12.2. The van der Waals surface area contributed by atoms with Crippen molar-refractivity contribution in [2.75, 3.05) is 19.7 Å². The molecule has 2 aliphatic rings. The van der Waals surface area contributed by atoms with Gasteiger partial charge in [-0.15, -0.1) is 0 Å². The highest BCUT2D eigenvalue weighted by atomic mass is 16.5. The number of fused-ring (bicyclic) bond motifs is 3. The summed E-state index contributed by atoms with van der Waals surface area (Å²) < 4.78 is 5.68. The van der Waals surface area contributed by atoms with Crippen LogP contribution in [0.2, 0.25) is 0 Å². The molecular weight excluding hydrogens is 444 g/mol. The number of alkyl carbamates (subject to hydrolysis) is 1. The third kappa shape index (κ3) is 6.02. The lowest BCUT2D eigenvalue weighted by atomic mass is 9.84. The highest BCUT2D eigenvalue weighted by molar-refractivity contribution is 5.82. The van der Waals surface area contributed by atoms with Gasteiger partial charge in [0.05, 0.1) is 0 Å². The summed E-state index contributed by atoms with van der Waals surface area (Å²) in [6.45, 7) is 6.15. The lowest BCUT2D eigenvalue weighted by molar-refractivity contribution is -0.145. The first-order chi connectivity index (χ1) is 16.6. The number of ether oxygens (including phenoxy) is 1. The summed E-state index contributed by atoms with van der Waals surface area (Å²) in [7, 11) is 0. The van der Waals surface area contributed by atoms with Gasteiger partial charge in [0.2, 0.25) is 5.91 Å². The summed E-state index contributed by atoms with van der Waals surface area (Å²) in [5.74, 6) is -0.970. The zero-order chi connectivity index (χ0) is 25.2. The summed E-state index contributed by atoms with van der Waals surface area (Å²) in [5, 5.41) is 12.1. The van der Waals surface area contributed by atoms with Crippen molar-refractivity contribution in [3.63, 3.8) is 0 Å². The first kappa shape index (κ1) is 24.8. The Labute approximate surface area is 206 Å². The van der Waals surface area contributed by atoms with Crippen LogP contribution in [-0.4, -0.2) is 53.7 Å². The number of carboxylic acid groups (broad SMARTS) is 1. The lowest BCUT2D eigenvalue weighted by Gasteiger charge is -2.32. The Morgan fingerprint density at radius 2 is 1.60 bits per heavy atom. The van der Waals surface area contributed by atoms with Gasteiger partial charge in [-0.3, -0.25) is 9.59 Å². The van der Waals surface area contributed by atoms with E-state index in [2.05, 4.69) is 29.6 Å². The molecule has 2 aromatic rings. The van der Waals surface area contributed by atoms with E-state index in [0.29, 0.717) is 12.5 Å². The molecule has 7 nitrogen and oxygen atoms in total. The maximum absolute atomic E-state index is 13.0. The molecule has 0 heterocycles. The van der Waals surface area contributed by atoms with Crippen LogP contribution in [-0.2, 0) is 14.3 Å². The Hall–Kier alpha value is -3.35. The lowest BCUT2D eigenvalue weighted by Crippen LogP contribution is -2.48. The Kier molecular flexibility index (Phi) is 7.15. The van der Waals surface area contributed by atoms with Gasteiger partial charge in [0, 0.05) is 24.9 Å². The number of hydrogen-bond donors (Lipinski definition) is 2. The Bertz CT molecular complexity index is 1060.